The second kappa shape index (κ2) is 6.40. The fourth-order valence-electron chi connectivity index (χ4n) is 2.62. The summed E-state index contributed by atoms with van der Waals surface area (Å²) in [6.45, 7) is 9.16. The lowest BCUT2D eigenvalue weighted by molar-refractivity contribution is 0.103. The van der Waals surface area contributed by atoms with E-state index in [1.165, 1.54) is 12.8 Å². The molecule has 0 unspecified atom stereocenters. The van der Waals surface area contributed by atoms with Crippen LogP contribution in [0.25, 0.3) is 0 Å². The Morgan fingerprint density at radius 1 is 1.15 bits per heavy atom. The summed E-state index contributed by atoms with van der Waals surface area (Å²) in [6.07, 6.45) is 4.63. The maximum absolute atomic E-state index is 12.7. The third-order valence-corrected chi connectivity index (χ3v) is 4.97. The first-order valence-electron chi connectivity index (χ1n) is 7.50. The highest BCUT2D eigenvalue weighted by molar-refractivity contribution is 6.77. The zero-order valence-electron chi connectivity index (χ0n) is 12.9. The predicted molar refractivity (Wildman–Crippen MR) is 87.8 cm³/mol. The second-order valence-corrected chi connectivity index (χ2v) is 12.3. The van der Waals surface area contributed by atoms with Crippen molar-refractivity contribution in [3.05, 3.63) is 47.7 Å². The molecular formula is C17H25NOSi. The van der Waals surface area contributed by atoms with Crippen LogP contribution in [0, 0.1) is 0 Å². The third kappa shape index (κ3) is 4.34. The minimum atomic E-state index is -1.30. The number of nitrogens with zero attached hydrogens (tertiary/aromatic N) is 1. The molecule has 20 heavy (non-hydrogen) atoms. The van der Waals surface area contributed by atoms with Gasteiger partial charge in [0.1, 0.15) is 0 Å². The zero-order chi connectivity index (χ0) is 14.6. The molecule has 0 radical (unpaired) electrons. The smallest absolute Gasteiger partial charge is 0.190 e. The van der Waals surface area contributed by atoms with Gasteiger partial charge >= 0.3 is 0 Å². The molecule has 0 atom stereocenters. The molecule has 1 fully saturated rings. The van der Waals surface area contributed by atoms with Gasteiger partial charge in [-0.1, -0.05) is 50.0 Å². The molecule has 2 rings (SSSR count). The summed E-state index contributed by atoms with van der Waals surface area (Å²) in [5.74, 6) is 0.208. The van der Waals surface area contributed by atoms with Gasteiger partial charge in [-0.05, 0) is 18.9 Å². The average molecular weight is 287 g/mol. The maximum atomic E-state index is 12.7. The van der Waals surface area contributed by atoms with Gasteiger partial charge < -0.3 is 4.90 Å². The van der Waals surface area contributed by atoms with E-state index in [1.807, 2.05) is 30.3 Å². The van der Waals surface area contributed by atoms with Crippen LogP contribution in [-0.2, 0) is 0 Å². The molecule has 0 aliphatic carbocycles. The second-order valence-electron chi connectivity index (χ2n) is 6.83. The fraction of sp³-hybridized carbons (Fsp3) is 0.471. The van der Waals surface area contributed by atoms with Crippen molar-refractivity contribution in [3.63, 3.8) is 0 Å². The summed E-state index contributed by atoms with van der Waals surface area (Å²) in [5, 5.41) is 0. The number of ketones is 1. The van der Waals surface area contributed by atoms with Gasteiger partial charge in [0.25, 0.3) is 0 Å². The van der Waals surface area contributed by atoms with Crippen LogP contribution >= 0.6 is 0 Å². The molecule has 0 bridgehead atoms. The first-order valence-corrected chi connectivity index (χ1v) is 11.2. The minimum Gasteiger partial charge on any atom is -0.377 e. The average Bonchev–Trinajstić information content (AvgIpc) is 2.89. The number of Topliss-reactive ketones (excluding diaryl/α,β-unsaturated/α-hetero) is 1. The van der Waals surface area contributed by atoms with Crippen molar-refractivity contribution in [2.45, 2.75) is 38.5 Å². The van der Waals surface area contributed by atoms with Gasteiger partial charge in [-0.3, -0.25) is 4.79 Å². The lowest BCUT2D eigenvalue weighted by Gasteiger charge is -2.21. The van der Waals surface area contributed by atoms with E-state index in [1.54, 1.807) is 0 Å². The SMILES string of the molecule is C[Si](C)(C)CC(=CN1CCCC1)C(=O)c1ccccc1. The van der Waals surface area contributed by atoms with Crippen molar-refractivity contribution in [2.75, 3.05) is 13.1 Å². The maximum Gasteiger partial charge on any atom is 0.190 e. The first-order chi connectivity index (χ1) is 9.46. The van der Waals surface area contributed by atoms with E-state index in [4.69, 9.17) is 0 Å². The van der Waals surface area contributed by atoms with Crippen LogP contribution in [-0.4, -0.2) is 31.8 Å². The van der Waals surface area contributed by atoms with Crippen LogP contribution < -0.4 is 0 Å². The molecule has 1 heterocycles. The normalized spacial score (nSPS) is 16.6. The van der Waals surface area contributed by atoms with E-state index in [9.17, 15) is 4.79 Å². The van der Waals surface area contributed by atoms with E-state index < -0.39 is 8.07 Å². The van der Waals surface area contributed by atoms with Crippen LogP contribution in [0.15, 0.2) is 42.1 Å². The molecule has 1 saturated heterocycles. The predicted octanol–water partition coefficient (Wildman–Crippen LogP) is 4.19. The Balaban J connectivity index is 2.23. The molecule has 1 aliphatic heterocycles. The number of benzene rings is 1. The molecule has 2 nitrogen and oxygen atoms in total. The molecule has 3 heteroatoms. The highest BCUT2D eigenvalue weighted by atomic mass is 28.3. The number of likely N-dealkylation sites (tertiary alicyclic amines) is 1. The number of carbonyl (C=O) groups excluding carboxylic acids is 1. The Labute approximate surface area is 123 Å². The van der Waals surface area contributed by atoms with E-state index in [0.29, 0.717) is 0 Å². The van der Waals surface area contributed by atoms with Gasteiger partial charge in [-0.15, -0.1) is 0 Å². The van der Waals surface area contributed by atoms with Crippen molar-refractivity contribution in [2.24, 2.45) is 0 Å². The fourth-order valence-corrected chi connectivity index (χ4v) is 4.02. The van der Waals surface area contributed by atoms with Gasteiger partial charge in [-0.2, -0.15) is 0 Å². The Hall–Kier alpha value is -1.35. The molecular weight excluding hydrogens is 262 g/mol. The van der Waals surface area contributed by atoms with E-state index in [2.05, 4.69) is 30.7 Å². The number of hydrogen-bond donors (Lipinski definition) is 0. The standard InChI is InChI=1S/C17H25NOSi/c1-20(2,3)14-16(13-18-11-7-8-12-18)17(19)15-9-5-4-6-10-15/h4-6,9-10,13H,7-8,11-12,14H2,1-3H3. The van der Waals surface area contributed by atoms with Crippen molar-refractivity contribution in [1.82, 2.24) is 4.90 Å². The van der Waals surface area contributed by atoms with E-state index in [0.717, 1.165) is 30.3 Å². The largest absolute Gasteiger partial charge is 0.377 e. The zero-order valence-corrected chi connectivity index (χ0v) is 13.9. The molecule has 0 aromatic heterocycles. The van der Waals surface area contributed by atoms with Crippen molar-refractivity contribution in [1.29, 1.82) is 0 Å². The van der Waals surface area contributed by atoms with Crippen LogP contribution in [0.4, 0.5) is 0 Å². The lowest BCUT2D eigenvalue weighted by atomic mass is 10.1. The summed E-state index contributed by atoms with van der Waals surface area (Å²) >= 11 is 0. The van der Waals surface area contributed by atoms with Crippen LogP contribution in [0.5, 0.6) is 0 Å². The monoisotopic (exact) mass is 287 g/mol. The molecule has 0 spiro atoms. The molecule has 1 aromatic rings. The van der Waals surface area contributed by atoms with Gasteiger partial charge in [0.05, 0.1) is 0 Å². The summed E-state index contributed by atoms with van der Waals surface area (Å²) in [6, 6.07) is 10.6. The molecule has 1 aliphatic rings. The van der Waals surface area contributed by atoms with Gasteiger partial charge in [0.15, 0.2) is 5.78 Å². The number of carbonyl (C=O) groups is 1. The summed E-state index contributed by atoms with van der Waals surface area (Å²) in [7, 11) is -1.30. The van der Waals surface area contributed by atoms with E-state index >= 15 is 0 Å². The van der Waals surface area contributed by atoms with Crippen molar-refractivity contribution < 1.29 is 4.79 Å². The number of rotatable bonds is 5. The molecule has 108 valence electrons. The Morgan fingerprint density at radius 3 is 2.30 bits per heavy atom. The molecule has 0 N–H and O–H groups in total. The van der Waals surface area contributed by atoms with Crippen molar-refractivity contribution in [3.8, 4) is 0 Å². The van der Waals surface area contributed by atoms with Crippen LogP contribution in [0.3, 0.4) is 0 Å². The summed E-state index contributed by atoms with van der Waals surface area (Å²) < 4.78 is 0. The van der Waals surface area contributed by atoms with Gasteiger partial charge in [0, 0.05) is 38.5 Å². The van der Waals surface area contributed by atoms with Crippen molar-refractivity contribution >= 4 is 13.9 Å². The van der Waals surface area contributed by atoms with E-state index in [-0.39, 0.29) is 5.78 Å². The minimum absolute atomic E-state index is 0.208. The van der Waals surface area contributed by atoms with Crippen LogP contribution in [0.1, 0.15) is 23.2 Å². The Bertz CT molecular complexity index is 481. The summed E-state index contributed by atoms with van der Waals surface area (Å²) in [5.41, 5.74) is 1.81. The number of hydrogen-bond acceptors (Lipinski definition) is 2. The number of allylic oxidation sites excluding steroid dienone is 1. The first kappa shape index (κ1) is 15.0. The molecule has 0 amide bonds. The topological polar surface area (TPSA) is 20.3 Å². The third-order valence-electron chi connectivity index (χ3n) is 3.53. The highest BCUT2D eigenvalue weighted by Gasteiger charge is 2.22. The summed E-state index contributed by atoms with van der Waals surface area (Å²) in [4.78, 5) is 15.1. The van der Waals surface area contributed by atoms with Crippen LogP contribution in [0.2, 0.25) is 25.7 Å². The Morgan fingerprint density at radius 2 is 1.75 bits per heavy atom. The Kier molecular flexibility index (Phi) is 4.81. The lowest BCUT2D eigenvalue weighted by Crippen LogP contribution is -2.24. The van der Waals surface area contributed by atoms with Gasteiger partial charge in [0.2, 0.25) is 0 Å². The molecule has 0 saturated carbocycles. The molecule has 1 aromatic carbocycles. The quantitative estimate of drug-likeness (QED) is 0.460. The van der Waals surface area contributed by atoms with Gasteiger partial charge in [-0.25, -0.2) is 0 Å². The highest BCUT2D eigenvalue weighted by Crippen LogP contribution is 2.22.